The van der Waals surface area contributed by atoms with Gasteiger partial charge in [-0.05, 0) is 35.9 Å². The van der Waals surface area contributed by atoms with E-state index in [4.69, 9.17) is 16.3 Å². The number of hydrogen-bond acceptors (Lipinski definition) is 6. The zero-order valence-corrected chi connectivity index (χ0v) is 18.7. The molecule has 0 aliphatic heterocycles. The number of nitrogens with one attached hydrogen (secondary N) is 1. The van der Waals surface area contributed by atoms with Crippen LogP contribution in [-0.2, 0) is 11.4 Å². The highest BCUT2D eigenvalue weighted by Gasteiger charge is 2.07. The van der Waals surface area contributed by atoms with Gasteiger partial charge in [0.25, 0.3) is 5.91 Å². The number of amides is 1. The summed E-state index contributed by atoms with van der Waals surface area (Å²) in [4.78, 5) is 16.6. The van der Waals surface area contributed by atoms with Crippen molar-refractivity contribution < 1.29 is 9.53 Å². The molecule has 0 radical (unpaired) electrons. The number of benzene rings is 3. The molecule has 0 aliphatic rings. The Bertz CT molecular complexity index is 1190. The number of rotatable bonds is 8. The third kappa shape index (κ3) is 6.07. The summed E-state index contributed by atoms with van der Waals surface area (Å²) in [6, 6.07) is 22.9. The molecule has 1 heterocycles. The Hall–Kier alpha value is -2.87. The first kappa shape index (κ1) is 21.4. The molecule has 3 aromatic carbocycles. The van der Waals surface area contributed by atoms with Gasteiger partial charge in [-0.25, -0.2) is 10.4 Å². The van der Waals surface area contributed by atoms with Crippen molar-refractivity contribution in [2.24, 2.45) is 5.10 Å². The van der Waals surface area contributed by atoms with E-state index in [9.17, 15) is 4.79 Å². The second-order valence-electron chi connectivity index (χ2n) is 6.48. The van der Waals surface area contributed by atoms with E-state index < -0.39 is 0 Å². The zero-order valence-electron chi connectivity index (χ0n) is 16.3. The van der Waals surface area contributed by atoms with Crippen LogP contribution in [0.3, 0.4) is 0 Å². The van der Waals surface area contributed by atoms with E-state index in [1.54, 1.807) is 17.6 Å². The van der Waals surface area contributed by atoms with Gasteiger partial charge in [0.2, 0.25) is 0 Å². The summed E-state index contributed by atoms with van der Waals surface area (Å²) in [7, 11) is 0. The highest BCUT2D eigenvalue weighted by Crippen LogP contribution is 2.29. The van der Waals surface area contributed by atoms with Gasteiger partial charge < -0.3 is 4.74 Å². The van der Waals surface area contributed by atoms with Gasteiger partial charge in [-0.2, -0.15) is 5.10 Å². The molecule has 8 heteroatoms. The fourth-order valence-electron chi connectivity index (χ4n) is 2.71. The van der Waals surface area contributed by atoms with Gasteiger partial charge in [0.05, 0.1) is 22.2 Å². The first-order chi connectivity index (χ1) is 15.2. The molecule has 0 unspecified atom stereocenters. The van der Waals surface area contributed by atoms with Gasteiger partial charge in [-0.15, -0.1) is 11.3 Å². The molecule has 0 spiro atoms. The highest BCUT2D eigenvalue weighted by molar-refractivity contribution is 8.01. The van der Waals surface area contributed by atoms with Crippen LogP contribution < -0.4 is 10.2 Å². The van der Waals surface area contributed by atoms with Crippen molar-refractivity contribution >= 4 is 57.0 Å². The van der Waals surface area contributed by atoms with Gasteiger partial charge in [-0.1, -0.05) is 65.8 Å². The van der Waals surface area contributed by atoms with Crippen molar-refractivity contribution in [1.82, 2.24) is 10.4 Å². The van der Waals surface area contributed by atoms with Crippen molar-refractivity contribution in [2.75, 3.05) is 5.75 Å². The monoisotopic (exact) mass is 467 g/mol. The average Bonchev–Trinajstić information content (AvgIpc) is 3.21. The lowest BCUT2D eigenvalue weighted by molar-refractivity contribution is -0.118. The lowest BCUT2D eigenvalue weighted by Crippen LogP contribution is -2.19. The predicted octanol–water partition coefficient (Wildman–Crippen LogP) is 5.77. The number of hydrogen-bond donors (Lipinski definition) is 1. The summed E-state index contributed by atoms with van der Waals surface area (Å²) >= 11 is 9.13. The maximum Gasteiger partial charge on any atom is 0.250 e. The Morgan fingerprint density at radius 3 is 2.84 bits per heavy atom. The first-order valence-electron chi connectivity index (χ1n) is 9.44. The highest BCUT2D eigenvalue weighted by atomic mass is 35.5. The molecule has 31 heavy (non-hydrogen) atoms. The Labute approximate surface area is 193 Å². The Morgan fingerprint density at radius 1 is 1.13 bits per heavy atom. The zero-order chi connectivity index (χ0) is 21.5. The SMILES string of the molecule is O=C(CSc1nc2ccccc2s1)N/N=C\c1cccc(OCc2ccccc2Cl)c1. The van der Waals surface area contributed by atoms with E-state index in [-0.39, 0.29) is 11.7 Å². The molecule has 1 amide bonds. The summed E-state index contributed by atoms with van der Waals surface area (Å²) in [5, 5.41) is 4.71. The Balaban J connectivity index is 1.26. The summed E-state index contributed by atoms with van der Waals surface area (Å²) in [5.41, 5.74) is 5.23. The smallest absolute Gasteiger partial charge is 0.250 e. The quantitative estimate of drug-likeness (QED) is 0.203. The Morgan fingerprint density at radius 2 is 1.97 bits per heavy atom. The molecule has 0 atom stereocenters. The maximum absolute atomic E-state index is 12.1. The molecule has 0 saturated heterocycles. The van der Waals surface area contributed by atoms with Crippen LogP contribution in [0.1, 0.15) is 11.1 Å². The molecule has 1 aromatic heterocycles. The third-order valence-corrected chi connectivity index (χ3v) is 6.76. The van der Waals surface area contributed by atoms with Crippen LogP contribution in [0, 0.1) is 0 Å². The standard InChI is InChI=1S/C23H18ClN3O2S2/c24-19-9-2-1-7-17(19)14-29-18-8-5-6-16(12-18)13-25-27-22(28)15-30-23-26-20-10-3-4-11-21(20)31-23/h1-13H,14-15H2,(H,27,28)/b25-13-. The van der Waals surface area contributed by atoms with Crippen molar-refractivity contribution in [3.63, 3.8) is 0 Å². The summed E-state index contributed by atoms with van der Waals surface area (Å²) in [6.07, 6.45) is 1.59. The molecule has 4 aromatic rings. The fourth-order valence-corrected chi connectivity index (χ4v) is 4.76. The molecule has 5 nitrogen and oxygen atoms in total. The summed E-state index contributed by atoms with van der Waals surface area (Å²) in [5.74, 6) is 0.756. The first-order valence-corrected chi connectivity index (χ1v) is 11.6. The summed E-state index contributed by atoms with van der Waals surface area (Å²) in [6.45, 7) is 0.375. The minimum atomic E-state index is -0.188. The van der Waals surface area contributed by atoms with E-state index in [0.29, 0.717) is 17.4 Å². The van der Waals surface area contributed by atoms with Crippen LogP contribution >= 0.6 is 34.7 Å². The van der Waals surface area contributed by atoms with Gasteiger partial charge in [-0.3, -0.25) is 4.79 Å². The van der Waals surface area contributed by atoms with Crippen molar-refractivity contribution in [3.05, 3.63) is 88.9 Å². The molecule has 0 saturated carbocycles. The summed E-state index contributed by atoms with van der Waals surface area (Å²) < 4.78 is 7.79. The van der Waals surface area contributed by atoms with Gasteiger partial charge >= 0.3 is 0 Å². The molecular weight excluding hydrogens is 450 g/mol. The molecule has 0 aliphatic carbocycles. The topological polar surface area (TPSA) is 63.6 Å². The number of para-hydroxylation sites is 1. The van der Waals surface area contributed by atoms with Crippen molar-refractivity contribution in [1.29, 1.82) is 0 Å². The molecule has 1 N–H and O–H groups in total. The number of thiazole rings is 1. The van der Waals surface area contributed by atoms with Gasteiger partial charge in [0, 0.05) is 10.6 Å². The number of fused-ring (bicyclic) bond motifs is 1. The van der Waals surface area contributed by atoms with Crippen molar-refractivity contribution in [2.45, 2.75) is 10.9 Å². The van der Waals surface area contributed by atoms with Crippen LogP contribution in [-0.4, -0.2) is 22.9 Å². The average molecular weight is 468 g/mol. The minimum Gasteiger partial charge on any atom is -0.489 e. The van der Waals surface area contributed by atoms with Crippen molar-refractivity contribution in [3.8, 4) is 5.75 Å². The third-order valence-electron chi connectivity index (χ3n) is 4.21. The number of carbonyl (C=O) groups excluding carboxylic acids is 1. The largest absolute Gasteiger partial charge is 0.489 e. The normalized spacial score (nSPS) is 11.1. The number of thioether (sulfide) groups is 1. The van der Waals surface area contributed by atoms with E-state index in [0.717, 1.165) is 25.7 Å². The Kier molecular flexibility index (Phi) is 7.19. The van der Waals surface area contributed by atoms with Gasteiger partial charge in [0.15, 0.2) is 4.34 Å². The fraction of sp³-hybridized carbons (Fsp3) is 0.0870. The van der Waals surface area contributed by atoms with Crippen LogP contribution in [0.15, 0.2) is 82.2 Å². The van der Waals surface area contributed by atoms with Crippen LogP contribution in [0.5, 0.6) is 5.75 Å². The van der Waals surface area contributed by atoms with E-state index in [2.05, 4.69) is 15.5 Å². The molecular formula is C23H18ClN3O2S2. The predicted molar refractivity (Wildman–Crippen MR) is 128 cm³/mol. The molecule has 0 bridgehead atoms. The van der Waals surface area contributed by atoms with E-state index in [1.807, 2.05) is 72.8 Å². The maximum atomic E-state index is 12.1. The number of carbonyl (C=O) groups is 1. The minimum absolute atomic E-state index is 0.188. The number of halogens is 1. The van der Waals surface area contributed by atoms with Crippen LogP contribution in [0.25, 0.3) is 10.2 Å². The van der Waals surface area contributed by atoms with Gasteiger partial charge in [0.1, 0.15) is 12.4 Å². The van der Waals surface area contributed by atoms with E-state index >= 15 is 0 Å². The second kappa shape index (κ2) is 10.4. The molecule has 4 rings (SSSR count). The molecule has 156 valence electrons. The van der Waals surface area contributed by atoms with Crippen LogP contribution in [0.4, 0.5) is 0 Å². The number of ether oxygens (including phenoxy) is 1. The lowest BCUT2D eigenvalue weighted by atomic mass is 10.2. The number of nitrogens with zero attached hydrogens (tertiary/aromatic N) is 2. The van der Waals surface area contributed by atoms with Crippen LogP contribution in [0.2, 0.25) is 5.02 Å². The second-order valence-corrected chi connectivity index (χ2v) is 9.14. The van der Waals surface area contributed by atoms with E-state index in [1.165, 1.54) is 11.8 Å². The molecule has 0 fully saturated rings. The number of aromatic nitrogens is 1. The number of hydrazone groups is 1. The lowest BCUT2D eigenvalue weighted by Gasteiger charge is -2.08.